The number of carbonyl (C=O) groups is 1. The van der Waals surface area contributed by atoms with Crippen molar-refractivity contribution in [2.75, 3.05) is 0 Å². The molecule has 0 aliphatic heterocycles. The molecule has 1 aromatic heterocycles. The Hall–Kier alpha value is -1.62. The predicted octanol–water partition coefficient (Wildman–Crippen LogP) is 3.46. The van der Waals surface area contributed by atoms with E-state index in [9.17, 15) is 4.79 Å². The quantitative estimate of drug-likeness (QED) is 0.937. The van der Waals surface area contributed by atoms with Crippen LogP contribution in [-0.4, -0.2) is 20.9 Å². The van der Waals surface area contributed by atoms with Crippen LogP contribution in [0.15, 0.2) is 28.7 Å². The number of carboxylic acid groups (broad SMARTS) is 1. The van der Waals surface area contributed by atoms with Gasteiger partial charge in [-0.3, -0.25) is 0 Å². The molecule has 0 aliphatic rings. The van der Waals surface area contributed by atoms with Crippen LogP contribution in [0.2, 0.25) is 0 Å². The third-order valence-electron chi connectivity index (χ3n) is 2.99. The summed E-state index contributed by atoms with van der Waals surface area (Å²) in [6.45, 7) is 4.14. The Morgan fingerprint density at radius 2 is 2.05 bits per heavy atom. The van der Waals surface area contributed by atoms with Gasteiger partial charge in [-0.1, -0.05) is 13.8 Å². The molecule has 100 valence electrons. The Bertz CT molecular complexity index is 620. The minimum Gasteiger partial charge on any atom is -0.478 e. The number of nitrogens with zero attached hydrogens (tertiary/aromatic N) is 2. The molecule has 4 nitrogen and oxygen atoms in total. The highest BCUT2D eigenvalue weighted by atomic mass is 79.9. The molecule has 0 spiro atoms. The van der Waals surface area contributed by atoms with Gasteiger partial charge in [0.15, 0.2) is 0 Å². The highest BCUT2D eigenvalue weighted by Gasteiger charge is 2.12. The second-order valence-corrected chi connectivity index (χ2v) is 5.07. The van der Waals surface area contributed by atoms with Gasteiger partial charge in [0.05, 0.1) is 16.9 Å². The standard InChI is InChI=1S/C14H15BrN2O2/c1-3-9-7-10(4-2)17(16-9)11-5-6-12(14(18)19)13(15)8-11/h5-8H,3-4H2,1-2H3,(H,18,19). The van der Waals surface area contributed by atoms with Crippen molar-refractivity contribution in [1.29, 1.82) is 0 Å². The summed E-state index contributed by atoms with van der Waals surface area (Å²) in [5, 5.41) is 13.6. The second kappa shape index (κ2) is 5.57. The number of hydrogen-bond acceptors (Lipinski definition) is 2. The molecule has 1 aromatic carbocycles. The number of aryl methyl sites for hydroxylation is 2. The summed E-state index contributed by atoms with van der Waals surface area (Å²) in [7, 11) is 0. The van der Waals surface area contributed by atoms with Crippen molar-refractivity contribution in [3.05, 3.63) is 45.7 Å². The molecule has 2 rings (SSSR count). The van der Waals surface area contributed by atoms with Crippen molar-refractivity contribution >= 4 is 21.9 Å². The lowest BCUT2D eigenvalue weighted by molar-refractivity contribution is 0.0696. The summed E-state index contributed by atoms with van der Waals surface area (Å²) in [5.74, 6) is -0.941. The largest absolute Gasteiger partial charge is 0.478 e. The van der Waals surface area contributed by atoms with Gasteiger partial charge in [0, 0.05) is 10.2 Å². The smallest absolute Gasteiger partial charge is 0.336 e. The van der Waals surface area contributed by atoms with E-state index >= 15 is 0 Å². The Balaban J connectivity index is 2.50. The van der Waals surface area contributed by atoms with Crippen LogP contribution in [0, 0.1) is 0 Å². The SMILES string of the molecule is CCc1cc(CC)n(-c2ccc(C(=O)O)c(Br)c2)n1. The number of benzene rings is 1. The number of carboxylic acids is 1. The van der Waals surface area contributed by atoms with Crippen LogP contribution in [0.25, 0.3) is 5.69 Å². The molecule has 0 unspecified atom stereocenters. The van der Waals surface area contributed by atoms with E-state index in [4.69, 9.17) is 5.11 Å². The van der Waals surface area contributed by atoms with Crippen LogP contribution in [0.5, 0.6) is 0 Å². The topological polar surface area (TPSA) is 55.1 Å². The van der Waals surface area contributed by atoms with E-state index in [1.807, 2.05) is 4.68 Å². The van der Waals surface area contributed by atoms with Crippen LogP contribution in [0.1, 0.15) is 35.6 Å². The molecule has 1 N–H and O–H groups in total. The second-order valence-electron chi connectivity index (χ2n) is 4.22. The molecular weight excluding hydrogens is 308 g/mol. The van der Waals surface area contributed by atoms with Crippen molar-refractivity contribution in [3.63, 3.8) is 0 Å². The van der Waals surface area contributed by atoms with E-state index in [0.717, 1.165) is 29.9 Å². The highest BCUT2D eigenvalue weighted by Crippen LogP contribution is 2.22. The van der Waals surface area contributed by atoms with Gasteiger partial charge in [0.2, 0.25) is 0 Å². The van der Waals surface area contributed by atoms with Crippen LogP contribution in [0.4, 0.5) is 0 Å². The Morgan fingerprint density at radius 3 is 2.58 bits per heavy atom. The third kappa shape index (κ3) is 2.71. The van der Waals surface area contributed by atoms with Crippen LogP contribution in [0.3, 0.4) is 0 Å². The summed E-state index contributed by atoms with van der Waals surface area (Å²) in [6, 6.07) is 7.24. The normalized spacial score (nSPS) is 10.7. The van der Waals surface area contributed by atoms with Gasteiger partial charge < -0.3 is 5.11 Å². The predicted molar refractivity (Wildman–Crippen MR) is 77.0 cm³/mol. The fourth-order valence-electron chi connectivity index (χ4n) is 1.93. The molecule has 0 amide bonds. The van der Waals surface area contributed by atoms with E-state index in [2.05, 4.69) is 40.9 Å². The van der Waals surface area contributed by atoms with E-state index in [1.165, 1.54) is 0 Å². The first-order chi connectivity index (χ1) is 9.06. The van der Waals surface area contributed by atoms with Gasteiger partial charge in [-0.15, -0.1) is 0 Å². The van der Waals surface area contributed by atoms with E-state index < -0.39 is 5.97 Å². The lowest BCUT2D eigenvalue weighted by atomic mass is 10.2. The first kappa shape index (κ1) is 13.8. The fraction of sp³-hybridized carbons (Fsp3) is 0.286. The summed E-state index contributed by atoms with van der Waals surface area (Å²) in [4.78, 5) is 11.0. The maximum atomic E-state index is 11.0. The molecule has 1 heterocycles. The van der Waals surface area contributed by atoms with Gasteiger partial charge in [0.1, 0.15) is 0 Å². The van der Waals surface area contributed by atoms with Crippen molar-refractivity contribution in [1.82, 2.24) is 9.78 Å². The first-order valence-electron chi connectivity index (χ1n) is 6.17. The highest BCUT2D eigenvalue weighted by molar-refractivity contribution is 9.10. The van der Waals surface area contributed by atoms with Gasteiger partial charge in [-0.25, -0.2) is 9.48 Å². The number of hydrogen-bond donors (Lipinski definition) is 1. The Morgan fingerprint density at radius 1 is 1.32 bits per heavy atom. The van der Waals surface area contributed by atoms with Crippen LogP contribution < -0.4 is 0 Å². The minimum atomic E-state index is -0.941. The minimum absolute atomic E-state index is 0.254. The van der Waals surface area contributed by atoms with E-state index in [0.29, 0.717) is 4.47 Å². The van der Waals surface area contributed by atoms with Crippen molar-refractivity contribution in [3.8, 4) is 5.69 Å². The zero-order valence-corrected chi connectivity index (χ0v) is 12.4. The van der Waals surface area contributed by atoms with Crippen molar-refractivity contribution in [2.45, 2.75) is 26.7 Å². The number of rotatable bonds is 4. The molecule has 0 bridgehead atoms. The van der Waals surface area contributed by atoms with Gasteiger partial charge >= 0.3 is 5.97 Å². The summed E-state index contributed by atoms with van der Waals surface area (Å²) in [5.41, 5.74) is 3.28. The fourth-order valence-corrected chi connectivity index (χ4v) is 2.47. The molecule has 0 atom stereocenters. The third-order valence-corrected chi connectivity index (χ3v) is 3.64. The summed E-state index contributed by atoms with van der Waals surface area (Å²) >= 11 is 3.29. The summed E-state index contributed by atoms with van der Waals surface area (Å²) < 4.78 is 2.43. The molecule has 2 aromatic rings. The van der Waals surface area contributed by atoms with Gasteiger partial charge in [-0.05, 0) is 53.0 Å². The van der Waals surface area contributed by atoms with Gasteiger partial charge in [-0.2, -0.15) is 5.10 Å². The molecule has 0 radical (unpaired) electrons. The van der Waals surface area contributed by atoms with E-state index in [-0.39, 0.29) is 5.56 Å². The van der Waals surface area contributed by atoms with Crippen LogP contribution in [-0.2, 0) is 12.8 Å². The number of halogens is 1. The average Bonchev–Trinajstić information content (AvgIpc) is 2.81. The monoisotopic (exact) mass is 322 g/mol. The zero-order chi connectivity index (χ0) is 14.0. The Labute approximate surface area is 120 Å². The number of aromatic nitrogens is 2. The zero-order valence-electron chi connectivity index (χ0n) is 10.9. The van der Waals surface area contributed by atoms with Gasteiger partial charge in [0.25, 0.3) is 0 Å². The van der Waals surface area contributed by atoms with Crippen LogP contribution >= 0.6 is 15.9 Å². The maximum Gasteiger partial charge on any atom is 0.336 e. The molecule has 0 saturated heterocycles. The van der Waals surface area contributed by atoms with Crippen molar-refractivity contribution < 1.29 is 9.90 Å². The molecule has 0 aliphatic carbocycles. The Kier molecular flexibility index (Phi) is 4.04. The van der Waals surface area contributed by atoms with Crippen molar-refractivity contribution in [2.24, 2.45) is 0 Å². The molecular formula is C14H15BrN2O2. The first-order valence-corrected chi connectivity index (χ1v) is 6.97. The molecule has 5 heteroatoms. The molecule has 19 heavy (non-hydrogen) atoms. The molecule has 0 saturated carbocycles. The molecule has 0 fully saturated rings. The maximum absolute atomic E-state index is 11.0. The lowest BCUT2D eigenvalue weighted by Gasteiger charge is -2.07. The number of aromatic carboxylic acids is 1. The summed E-state index contributed by atoms with van der Waals surface area (Å²) in [6.07, 6.45) is 1.76. The van der Waals surface area contributed by atoms with E-state index in [1.54, 1.807) is 18.2 Å². The average molecular weight is 323 g/mol. The lowest BCUT2D eigenvalue weighted by Crippen LogP contribution is -2.04.